The van der Waals surface area contributed by atoms with Crippen LogP contribution >= 0.6 is 0 Å². The molecule has 6 aliphatic rings. The molecule has 2 N–H and O–H groups in total. The smallest absolute Gasteiger partial charge is 0.0737 e. The Morgan fingerprint density at radius 3 is 0.883 bits per heavy atom. The van der Waals surface area contributed by atoms with E-state index in [9.17, 15) is 0 Å². The van der Waals surface area contributed by atoms with Crippen molar-refractivity contribution in [1.29, 1.82) is 0 Å². The number of nitrogens with zero attached hydrogens (tertiary/aromatic N) is 6. The van der Waals surface area contributed by atoms with Crippen LogP contribution in [0.4, 0.5) is 0 Å². The molecule has 0 fully saturated rings. The zero-order chi connectivity index (χ0) is 41.0. The van der Waals surface area contributed by atoms with E-state index in [0.717, 1.165) is 142 Å². The highest BCUT2D eigenvalue weighted by molar-refractivity contribution is 5.99. The molecule has 9 heterocycles. The van der Waals surface area contributed by atoms with Gasteiger partial charge in [0.05, 0.1) is 22.8 Å². The summed E-state index contributed by atoms with van der Waals surface area (Å²) >= 11 is 0. The second-order valence-corrected chi connectivity index (χ2v) is 15.4. The third-order valence-corrected chi connectivity index (χ3v) is 11.2. The van der Waals surface area contributed by atoms with Crippen molar-refractivity contribution >= 4 is 68.7 Å². The fraction of sp³-hybridized carbons (Fsp3) is 0.154. The molecule has 9 rings (SSSR count). The Kier molecular flexibility index (Phi) is 10.7. The fourth-order valence-corrected chi connectivity index (χ4v) is 8.61. The molecule has 0 saturated carbocycles. The zero-order valence-corrected chi connectivity index (χ0v) is 34.0. The van der Waals surface area contributed by atoms with Gasteiger partial charge in [-0.1, -0.05) is 72.9 Å². The topological polar surface area (TPSA) is 70.3 Å². The molecular formula is C52H50N8. The summed E-state index contributed by atoms with van der Waals surface area (Å²) in [6.07, 6.45) is 43.0. The average molecular weight is 787 g/mol. The van der Waals surface area contributed by atoms with Crippen LogP contribution in [0, 0.1) is 0 Å². The molecule has 8 nitrogen and oxygen atoms in total. The van der Waals surface area contributed by atoms with Crippen LogP contribution < -0.4 is 0 Å². The first-order valence-corrected chi connectivity index (χ1v) is 20.6. The van der Waals surface area contributed by atoms with Crippen molar-refractivity contribution in [1.82, 2.24) is 39.5 Å². The van der Waals surface area contributed by atoms with Crippen LogP contribution in [-0.4, -0.2) is 91.9 Å². The monoisotopic (exact) mass is 786 g/mol. The van der Waals surface area contributed by atoms with Crippen LogP contribution in [0.5, 0.6) is 0 Å². The molecule has 6 aliphatic heterocycles. The lowest BCUT2D eigenvalue weighted by molar-refractivity contribution is 0.460. The number of H-pyrrole nitrogens is 2. The SMILES string of the molecule is C=CCN1C=C(c2c3nc(c(C4=CN(CC=C)CC=C4)c4ccc([nH]4)c(C4=CN(CC=C)CC=C4)c4nc(c(C5=CN(CC=C)CC=C5)c5ccc2[nH]5)C=C4)C=C3)C=CC1. The number of aromatic nitrogens is 4. The molecule has 0 spiro atoms. The van der Waals surface area contributed by atoms with Crippen molar-refractivity contribution in [3.63, 3.8) is 0 Å². The maximum absolute atomic E-state index is 5.51. The average Bonchev–Trinajstić information content (AvgIpc) is 4.10. The Morgan fingerprint density at radius 2 is 0.650 bits per heavy atom. The van der Waals surface area contributed by atoms with Gasteiger partial charge in [0.1, 0.15) is 0 Å². The van der Waals surface area contributed by atoms with Gasteiger partial charge < -0.3 is 29.6 Å². The summed E-state index contributed by atoms with van der Waals surface area (Å²) in [7, 11) is 0. The van der Waals surface area contributed by atoms with E-state index in [1.807, 2.05) is 24.3 Å². The normalized spacial score (nSPS) is 16.8. The van der Waals surface area contributed by atoms with Gasteiger partial charge in [-0.15, -0.1) is 26.3 Å². The molecule has 298 valence electrons. The Morgan fingerprint density at radius 1 is 0.400 bits per heavy atom. The van der Waals surface area contributed by atoms with Crippen molar-refractivity contribution in [3.05, 3.63) is 193 Å². The molecule has 0 unspecified atom stereocenters. The van der Waals surface area contributed by atoms with E-state index in [-0.39, 0.29) is 0 Å². The second-order valence-electron chi connectivity index (χ2n) is 15.4. The van der Waals surface area contributed by atoms with E-state index < -0.39 is 0 Å². The number of hydrogen-bond acceptors (Lipinski definition) is 6. The molecule has 60 heavy (non-hydrogen) atoms. The van der Waals surface area contributed by atoms with Crippen LogP contribution in [0.25, 0.3) is 68.7 Å². The standard InChI is InChI=1S/C52H50N8/c1-5-25-57-29-9-13-37(33-57)49-41-17-19-43(53-41)50(38-14-10-30-58(34-38)26-6-2)45-21-23-47(55-45)52(40-16-12-32-60(36-40)28-8-4)48-24-22-46(56-48)51(44-20-18-42(49)54-44)39-15-11-31-59(35-39)27-7-3/h5-24,33-36,53,56H,1-4,25-32H2. The van der Waals surface area contributed by atoms with Crippen LogP contribution in [0.1, 0.15) is 45.0 Å². The first kappa shape index (κ1) is 38.2. The van der Waals surface area contributed by atoms with Gasteiger partial charge >= 0.3 is 0 Å². The molecule has 0 saturated heterocycles. The molecule has 0 amide bonds. The predicted molar refractivity (Wildman–Crippen MR) is 254 cm³/mol. The van der Waals surface area contributed by atoms with Crippen LogP contribution in [0.3, 0.4) is 0 Å². The van der Waals surface area contributed by atoms with Gasteiger partial charge in [-0.3, -0.25) is 0 Å². The molecule has 3 aromatic rings. The predicted octanol–water partition coefficient (Wildman–Crippen LogP) is 10.3. The maximum Gasteiger partial charge on any atom is 0.0737 e. The number of fused-ring (bicyclic) bond motifs is 8. The molecule has 0 atom stereocenters. The van der Waals surface area contributed by atoms with Crippen LogP contribution in [-0.2, 0) is 0 Å². The summed E-state index contributed by atoms with van der Waals surface area (Å²) in [5, 5.41) is 0. The van der Waals surface area contributed by atoms with Crippen molar-refractivity contribution in [2.75, 3.05) is 52.4 Å². The highest BCUT2D eigenvalue weighted by atomic mass is 15.1. The maximum atomic E-state index is 5.51. The lowest BCUT2D eigenvalue weighted by Gasteiger charge is -2.22. The van der Waals surface area contributed by atoms with Gasteiger partial charge in [-0.2, -0.15) is 0 Å². The Balaban J connectivity index is 1.41. The minimum atomic E-state index is 0.744. The lowest BCUT2D eigenvalue weighted by atomic mass is 10.0. The minimum absolute atomic E-state index is 0.744. The highest BCUT2D eigenvalue weighted by Gasteiger charge is 2.22. The molecule has 3 aromatic heterocycles. The Labute approximate surface area is 352 Å². The number of allylic oxidation sites excluding steroid dienone is 8. The van der Waals surface area contributed by atoms with Crippen molar-refractivity contribution < 1.29 is 0 Å². The minimum Gasteiger partial charge on any atom is -0.369 e. The molecular weight excluding hydrogens is 737 g/mol. The first-order chi connectivity index (χ1) is 29.5. The Bertz CT molecular complexity index is 2390. The summed E-state index contributed by atoms with van der Waals surface area (Å²) in [6, 6.07) is 8.73. The number of aromatic amines is 2. The molecule has 0 aromatic carbocycles. The van der Waals surface area contributed by atoms with E-state index in [4.69, 9.17) is 9.97 Å². The molecule has 0 radical (unpaired) electrons. The summed E-state index contributed by atoms with van der Waals surface area (Å²) in [6.45, 7) is 22.3. The number of rotatable bonds is 12. The van der Waals surface area contributed by atoms with E-state index in [0.29, 0.717) is 0 Å². The summed E-state index contributed by atoms with van der Waals surface area (Å²) in [4.78, 5) is 27.9. The lowest BCUT2D eigenvalue weighted by Crippen LogP contribution is -2.20. The van der Waals surface area contributed by atoms with Gasteiger partial charge in [-0.05, 0) is 48.6 Å². The third kappa shape index (κ3) is 7.55. The van der Waals surface area contributed by atoms with Crippen molar-refractivity contribution in [2.45, 2.75) is 0 Å². The number of nitrogens with one attached hydrogen (secondary N) is 2. The summed E-state index contributed by atoms with van der Waals surface area (Å²) in [5.74, 6) is 0. The third-order valence-electron chi connectivity index (χ3n) is 11.2. The highest BCUT2D eigenvalue weighted by Crippen LogP contribution is 2.37. The van der Waals surface area contributed by atoms with Crippen LogP contribution in [0.2, 0.25) is 0 Å². The van der Waals surface area contributed by atoms with Gasteiger partial charge in [0.2, 0.25) is 0 Å². The van der Waals surface area contributed by atoms with E-state index in [1.165, 1.54) is 0 Å². The molecule has 8 heteroatoms. The van der Waals surface area contributed by atoms with E-state index in [1.54, 1.807) is 0 Å². The molecule has 0 aliphatic carbocycles. The van der Waals surface area contributed by atoms with Gasteiger partial charge in [-0.25, -0.2) is 9.97 Å². The summed E-state index contributed by atoms with van der Waals surface area (Å²) in [5.41, 5.74) is 15.8. The van der Waals surface area contributed by atoms with Crippen molar-refractivity contribution in [2.24, 2.45) is 0 Å². The quantitative estimate of drug-likeness (QED) is 0.123. The van der Waals surface area contributed by atoms with Crippen molar-refractivity contribution in [3.8, 4) is 0 Å². The van der Waals surface area contributed by atoms with E-state index >= 15 is 0 Å². The summed E-state index contributed by atoms with van der Waals surface area (Å²) < 4.78 is 0. The molecule has 8 bridgehead atoms. The second kappa shape index (κ2) is 16.9. The van der Waals surface area contributed by atoms with Gasteiger partial charge in [0, 0.05) is 144 Å². The number of hydrogen-bond donors (Lipinski definition) is 2. The van der Waals surface area contributed by atoms with E-state index in [2.05, 4.69) is 178 Å². The van der Waals surface area contributed by atoms with Gasteiger partial charge in [0.15, 0.2) is 0 Å². The Hall–Kier alpha value is -7.32. The fourth-order valence-electron chi connectivity index (χ4n) is 8.61. The largest absolute Gasteiger partial charge is 0.369 e. The van der Waals surface area contributed by atoms with Gasteiger partial charge in [0.25, 0.3) is 0 Å². The van der Waals surface area contributed by atoms with Crippen LogP contribution in [0.15, 0.2) is 148 Å². The zero-order valence-electron chi connectivity index (χ0n) is 34.0. The first-order valence-electron chi connectivity index (χ1n) is 20.6.